The van der Waals surface area contributed by atoms with Crippen LogP contribution in [-0.2, 0) is 15.9 Å². The minimum absolute atomic E-state index is 0.142. The topological polar surface area (TPSA) is 66.1 Å². The van der Waals surface area contributed by atoms with Crippen molar-refractivity contribution in [3.8, 4) is 0 Å². The normalized spacial score (nSPS) is 22.2. The van der Waals surface area contributed by atoms with Crippen LogP contribution in [0.5, 0.6) is 0 Å². The molecule has 0 radical (unpaired) electrons. The molecule has 21 heavy (non-hydrogen) atoms. The van der Waals surface area contributed by atoms with Crippen LogP contribution in [0.4, 0.5) is 0 Å². The summed E-state index contributed by atoms with van der Waals surface area (Å²) < 4.78 is 27.0. The van der Waals surface area contributed by atoms with E-state index in [1.165, 1.54) is 6.20 Å². The van der Waals surface area contributed by atoms with Crippen molar-refractivity contribution in [1.29, 1.82) is 0 Å². The number of halogens is 1. The highest BCUT2D eigenvalue weighted by atomic mass is 35.5. The monoisotopic (exact) mass is 333 g/mol. The van der Waals surface area contributed by atoms with Crippen LogP contribution < -0.4 is 0 Å². The van der Waals surface area contributed by atoms with Crippen LogP contribution in [0.1, 0.15) is 45.6 Å². The lowest BCUT2D eigenvalue weighted by molar-refractivity contribution is 0.217. The molecule has 0 spiro atoms. The van der Waals surface area contributed by atoms with E-state index in [0.717, 1.165) is 19.3 Å². The van der Waals surface area contributed by atoms with E-state index in [4.69, 9.17) is 11.6 Å². The Hall–Kier alpha value is -0.590. The average molecular weight is 334 g/mol. The van der Waals surface area contributed by atoms with Gasteiger partial charge < -0.3 is 0 Å². The van der Waals surface area contributed by atoms with Crippen LogP contribution in [0.3, 0.4) is 0 Å². The summed E-state index contributed by atoms with van der Waals surface area (Å²) in [6.07, 6.45) is 4.34. The van der Waals surface area contributed by atoms with Crippen molar-refractivity contribution in [2.24, 2.45) is 11.3 Å². The molecule has 0 aromatic carbocycles. The summed E-state index contributed by atoms with van der Waals surface area (Å²) in [7, 11) is -3.52. The number of aromatic amines is 1. The Morgan fingerprint density at radius 3 is 2.71 bits per heavy atom. The molecule has 1 aliphatic rings. The van der Waals surface area contributed by atoms with Crippen molar-refractivity contribution in [1.82, 2.24) is 14.5 Å². The maximum Gasteiger partial charge on any atom is 0.260 e. The number of H-pyrrole nitrogens is 1. The zero-order valence-corrected chi connectivity index (χ0v) is 14.5. The largest absolute Gasteiger partial charge is 0.266 e. The molecule has 1 saturated heterocycles. The number of nitrogens with one attached hydrogen (secondary N) is 1. The van der Waals surface area contributed by atoms with Crippen molar-refractivity contribution >= 4 is 21.6 Å². The molecule has 0 aliphatic carbocycles. The maximum absolute atomic E-state index is 12.7. The Bertz CT molecular complexity index is 577. The van der Waals surface area contributed by atoms with E-state index in [9.17, 15) is 8.42 Å². The van der Waals surface area contributed by atoms with E-state index in [0.29, 0.717) is 24.6 Å². The predicted molar refractivity (Wildman–Crippen MR) is 83.7 cm³/mol. The van der Waals surface area contributed by atoms with Gasteiger partial charge in [0.15, 0.2) is 5.03 Å². The molecule has 2 rings (SSSR count). The van der Waals surface area contributed by atoms with Crippen LogP contribution in [0, 0.1) is 11.3 Å². The molecule has 1 aromatic rings. The highest BCUT2D eigenvalue weighted by Crippen LogP contribution is 2.35. The van der Waals surface area contributed by atoms with Crippen molar-refractivity contribution in [3.05, 3.63) is 11.8 Å². The summed E-state index contributed by atoms with van der Waals surface area (Å²) in [5.41, 5.74) is 0.753. The van der Waals surface area contributed by atoms with E-state index in [1.54, 1.807) is 4.31 Å². The lowest BCUT2D eigenvalue weighted by Gasteiger charge is -2.29. The van der Waals surface area contributed by atoms with Gasteiger partial charge in [-0.25, -0.2) is 8.42 Å². The Kier molecular flexibility index (Phi) is 5.00. The third-order valence-electron chi connectivity index (χ3n) is 4.33. The first-order valence-electron chi connectivity index (χ1n) is 7.35. The Morgan fingerprint density at radius 2 is 2.10 bits per heavy atom. The van der Waals surface area contributed by atoms with Gasteiger partial charge in [-0.05, 0) is 30.6 Å². The molecule has 5 nitrogen and oxygen atoms in total. The fourth-order valence-corrected chi connectivity index (χ4v) is 4.80. The second-order valence-corrected chi connectivity index (χ2v) is 8.90. The second-order valence-electron chi connectivity index (χ2n) is 6.76. The van der Waals surface area contributed by atoms with Gasteiger partial charge in [0.1, 0.15) is 0 Å². The molecule has 1 atom stereocenters. The van der Waals surface area contributed by atoms with Crippen molar-refractivity contribution in [2.75, 3.05) is 13.1 Å². The maximum atomic E-state index is 12.7. The predicted octanol–water partition coefficient (Wildman–Crippen LogP) is 2.99. The minimum atomic E-state index is -3.52. The number of hydrogen-bond acceptors (Lipinski definition) is 3. The first-order chi connectivity index (χ1) is 9.76. The first-order valence-corrected chi connectivity index (χ1v) is 9.32. The molecule has 120 valence electrons. The van der Waals surface area contributed by atoms with E-state index >= 15 is 0 Å². The van der Waals surface area contributed by atoms with Crippen LogP contribution in [0.15, 0.2) is 11.2 Å². The summed E-state index contributed by atoms with van der Waals surface area (Å²) in [5, 5.41) is 6.55. The summed E-state index contributed by atoms with van der Waals surface area (Å²) in [4.78, 5) is 0. The van der Waals surface area contributed by atoms with Crippen molar-refractivity contribution in [2.45, 2.75) is 50.9 Å². The zero-order chi connectivity index (χ0) is 15.7. The number of aromatic nitrogens is 2. The van der Waals surface area contributed by atoms with E-state index in [2.05, 4.69) is 31.0 Å². The second kappa shape index (κ2) is 6.26. The molecule has 7 heteroatoms. The highest BCUT2D eigenvalue weighted by molar-refractivity contribution is 7.89. The number of hydrogen-bond donors (Lipinski definition) is 1. The fourth-order valence-electron chi connectivity index (χ4n) is 2.92. The smallest absolute Gasteiger partial charge is 0.260 e. The molecule has 0 saturated carbocycles. The summed E-state index contributed by atoms with van der Waals surface area (Å²) in [6, 6.07) is 0. The molecule has 1 aromatic heterocycles. The van der Waals surface area contributed by atoms with Crippen LogP contribution in [-0.4, -0.2) is 36.0 Å². The molecule has 1 unspecified atom stereocenters. The van der Waals surface area contributed by atoms with Gasteiger partial charge in [0.05, 0.1) is 12.1 Å². The van der Waals surface area contributed by atoms with Gasteiger partial charge in [-0.2, -0.15) is 9.40 Å². The van der Waals surface area contributed by atoms with Crippen LogP contribution in [0.2, 0.25) is 0 Å². The standard InChI is InChI=1S/C14H24ClN3O2S/c1-14(2,3)12-5-4-7-18(8-6-12)21(19,20)13-11(9-15)10-16-17-13/h10,12H,4-9H2,1-3H3,(H,16,17). The van der Waals surface area contributed by atoms with Gasteiger partial charge in [-0.1, -0.05) is 20.8 Å². The quantitative estimate of drug-likeness (QED) is 0.865. The van der Waals surface area contributed by atoms with Gasteiger partial charge in [-0.15, -0.1) is 11.6 Å². The Morgan fingerprint density at radius 1 is 1.38 bits per heavy atom. The van der Waals surface area contributed by atoms with Crippen LogP contribution in [0.25, 0.3) is 0 Å². The Balaban J connectivity index is 2.19. The molecule has 1 aliphatic heterocycles. The number of alkyl halides is 1. The summed E-state index contributed by atoms with van der Waals surface area (Å²) in [5.74, 6) is 0.690. The zero-order valence-electron chi connectivity index (χ0n) is 12.9. The number of rotatable bonds is 3. The molecule has 0 bridgehead atoms. The van der Waals surface area contributed by atoms with E-state index in [1.807, 2.05) is 0 Å². The minimum Gasteiger partial charge on any atom is -0.266 e. The fraction of sp³-hybridized carbons (Fsp3) is 0.786. The van der Waals surface area contributed by atoms with E-state index < -0.39 is 10.0 Å². The van der Waals surface area contributed by atoms with Crippen LogP contribution >= 0.6 is 11.6 Å². The summed E-state index contributed by atoms with van der Waals surface area (Å²) >= 11 is 5.79. The third-order valence-corrected chi connectivity index (χ3v) is 6.53. The highest BCUT2D eigenvalue weighted by Gasteiger charge is 2.33. The molecule has 0 amide bonds. The van der Waals surface area contributed by atoms with Gasteiger partial charge >= 0.3 is 0 Å². The molecular formula is C14H24ClN3O2S. The average Bonchev–Trinajstić information content (AvgIpc) is 2.73. The lowest BCUT2D eigenvalue weighted by atomic mass is 9.77. The van der Waals surface area contributed by atoms with E-state index in [-0.39, 0.29) is 16.3 Å². The lowest BCUT2D eigenvalue weighted by Crippen LogP contribution is -2.33. The van der Waals surface area contributed by atoms with Gasteiger partial charge in [0.2, 0.25) is 0 Å². The first kappa shape index (κ1) is 16.8. The van der Waals surface area contributed by atoms with Gasteiger partial charge in [0.25, 0.3) is 10.0 Å². The molecule has 2 heterocycles. The van der Waals surface area contributed by atoms with Crippen molar-refractivity contribution in [3.63, 3.8) is 0 Å². The molecular weight excluding hydrogens is 310 g/mol. The number of sulfonamides is 1. The molecule has 1 fully saturated rings. The van der Waals surface area contributed by atoms with Gasteiger partial charge in [-0.3, -0.25) is 5.10 Å². The SMILES string of the molecule is CC(C)(C)C1CCCN(S(=O)(=O)c2[nH]ncc2CCl)CC1. The van der Waals surface area contributed by atoms with Crippen molar-refractivity contribution < 1.29 is 8.42 Å². The Labute approximate surface area is 132 Å². The summed E-state index contributed by atoms with van der Waals surface area (Å²) in [6.45, 7) is 7.80. The number of nitrogens with zero attached hydrogens (tertiary/aromatic N) is 2. The molecule has 1 N–H and O–H groups in total. The third kappa shape index (κ3) is 3.60. The van der Waals surface area contributed by atoms with Gasteiger partial charge in [0, 0.05) is 18.7 Å².